The van der Waals surface area contributed by atoms with Crippen LogP contribution in [-0.4, -0.2) is 16.9 Å². The minimum absolute atomic E-state index is 0.163. The molecule has 0 bridgehead atoms. The Bertz CT molecular complexity index is 730. The third-order valence-corrected chi connectivity index (χ3v) is 3.93. The average Bonchev–Trinajstić information content (AvgIpc) is 2.56. The second-order valence-corrected chi connectivity index (χ2v) is 5.93. The number of phenolic OH excluding ortho intramolecular Hbond substituents is 1. The molecule has 6 heteroatoms. The van der Waals surface area contributed by atoms with Crippen LogP contribution >= 0.6 is 11.6 Å². The molecule has 2 aromatic rings. The molecule has 0 aliphatic heterocycles. The van der Waals surface area contributed by atoms with Crippen molar-refractivity contribution in [1.29, 1.82) is 0 Å². The Morgan fingerprint density at radius 3 is 2.29 bits per heavy atom. The van der Waals surface area contributed by atoms with Gasteiger partial charge in [-0.25, -0.2) is 0 Å². The summed E-state index contributed by atoms with van der Waals surface area (Å²) in [5, 5.41) is 9.85. The first-order valence-corrected chi connectivity index (χ1v) is 7.92. The number of hydrazine groups is 1. The second-order valence-electron chi connectivity index (χ2n) is 5.52. The number of hydrogen-bond acceptors (Lipinski definition) is 3. The zero-order valence-corrected chi connectivity index (χ0v) is 14.1. The highest BCUT2D eigenvalue weighted by Gasteiger charge is 2.07. The van der Waals surface area contributed by atoms with E-state index >= 15 is 0 Å². The van der Waals surface area contributed by atoms with Crippen molar-refractivity contribution in [3.63, 3.8) is 0 Å². The lowest BCUT2D eigenvalue weighted by atomic mass is 10.1. The summed E-state index contributed by atoms with van der Waals surface area (Å²) in [7, 11) is 0. The summed E-state index contributed by atoms with van der Waals surface area (Å²) in [5.41, 5.74) is 7.46. The molecule has 2 amide bonds. The minimum atomic E-state index is -0.297. The summed E-state index contributed by atoms with van der Waals surface area (Å²) >= 11 is 5.94. The summed E-state index contributed by atoms with van der Waals surface area (Å²) in [6.45, 7) is 1.87. The molecule has 0 atom stereocenters. The Kier molecular flexibility index (Phi) is 6.21. The summed E-state index contributed by atoms with van der Waals surface area (Å²) in [4.78, 5) is 23.6. The Labute approximate surface area is 145 Å². The standard InChI is InChI=1S/C18H19ClN2O3/c1-12-10-14(4-8-16(12)19)11-18(24)21-20-17(23)9-5-13-2-6-15(22)7-3-13/h2-4,6-8,10,22H,5,9,11H2,1H3,(H,20,23)(H,21,24). The van der Waals surface area contributed by atoms with Gasteiger partial charge in [-0.3, -0.25) is 20.4 Å². The van der Waals surface area contributed by atoms with E-state index in [4.69, 9.17) is 11.6 Å². The number of nitrogens with one attached hydrogen (secondary N) is 2. The van der Waals surface area contributed by atoms with Gasteiger partial charge >= 0.3 is 0 Å². The van der Waals surface area contributed by atoms with Crippen LogP contribution in [0, 0.1) is 6.92 Å². The number of aryl methyl sites for hydroxylation is 2. The average molecular weight is 347 g/mol. The highest BCUT2D eigenvalue weighted by Crippen LogP contribution is 2.16. The van der Waals surface area contributed by atoms with E-state index in [0.717, 1.165) is 16.7 Å². The number of halogens is 1. The molecule has 0 fully saturated rings. The van der Waals surface area contributed by atoms with Gasteiger partial charge in [-0.1, -0.05) is 35.9 Å². The first-order valence-electron chi connectivity index (χ1n) is 7.54. The first kappa shape index (κ1) is 17.8. The summed E-state index contributed by atoms with van der Waals surface area (Å²) < 4.78 is 0. The lowest BCUT2D eigenvalue weighted by molar-refractivity contribution is -0.128. The van der Waals surface area contributed by atoms with Gasteiger partial charge in [0, 0.05) is 11.4 Å². The fraction of sp³-hybridized carbons (Fsp3) is 0.222. The number of aromatic hydroxyl groups is 1. The van der Waals surface area contributed by atoms with E-state index in [2.05, 4.69) is 10.9 Å². The number of benzene rings is 2. The third kappa shape index (κ3) is 5.59. The molecule has 0 aliphatic carbocycles. The molecule has 126 valence electrons. The lowest BCUT2D eigenvalue weighted by Gasteiger charge is -2.08. The van der Waals surface area contributed by atoms with Crippen LogP contribution in [0.3, 0.4) is 0 Å². The maximum atomic E-state index is 11.8. The van der Waals surface area contributed by atoms with Crippen molar-refractivity contribution in [2.75, 3.05) is 0 Å². The first-order chi connectivity index (χ1) is 11.4. The van der Waals surface area contributed by atoms with Gasteiger partial charge in [0.05, 0.1) is 6.42 Å². The lowest BCUT2D eigenvalue weighted by Crippen LogP contribution is -2.42. The van der Waals surface area contributed by atoms with E-state index in [0.29, 0.717) is 11.4 Å². The van der Waals surface area contributed by atoms with Crippen LogP contribution in [-0.2, 0) is 22.4 Å². The molecule has 2 aromatic carbocycles. The van der Waals surface area contributed by atoms with Crippen molar-refractivity contribution in [2.24, 2.45) is 0 Å². The van der Waals surface area contributed by atoms with Crippen LogP contribution < -0.4 is 10.9 Å². The predicted molar refractivity (Wildman–Crippen MR) is 92.6 cm³/mol. The van der Waals surface area contributed by atoms with Crippen molar-refractivity contribution in [2.45, 2.75) is 26.2 Å². The Morgan fingerprint density at radius 2 is 1.62 bits per heavy atom. The van der Waals surface area contributed by atoms with Crippen LogP contribution in [0.25, 0.3) is 0 Å². The SMILES string of the molecule is Cc1cc(CC(=O)NNC(=O)CCc2ccc(O)cc2)ccc1Cl. The molecule has 0 heterocycles. The Balaban J connectivity index is 1.73. The molecule has 0 unspecified atom stereocenters. The number of rotatable bonds is 5. The molecule has 0 aromatic heterocycles. The summed E-state index contributed by atoms with van der Waals surface area (Å²) in [6.07, 6.45) is 0.930. The molecular formula is C18H19ClN2O3. The van der Waals surface area contributed by atoms with Crippen molar-refractivity contribution >= 4 is 23.4 Å². The minimum Gasteiger partial charge on any atom is -0.508 e. The second kappa shape index (κ2) is 8.36. The van der Waals surface area contributed by atoms with Gasteiger partial charge in [0.2, 0.25) is 11.8 Å². The summed E-state index contributed by atoms with van der Waals surface area (Å²) in [5.74, 6) is -0.383. The smallest absolute Gasteiger partial charge is 0.242 e. The molecule has 0 saturated carbocycles. The van der Waals surface area contributed by atoms with Crippen LogP contribution in [0.15, 0.2) is 42.5 Å². The molecule has 0 spiro atoms. The Morgan fingerprint density at radius 1 is 1.00 bits per heavy atom. The molecule has 0 aliphatic rings. The van der Waals surface area contributed by atoms with Crippen molar-refractivity contribution in [1.82, 2.24) is 10.9 Å². The maximum Gasteiger partial charge on any atom is 0.242 e. The molecule has 2 rings (SSSR count). The van der Waals surface area contributed by atoms with E-state index in [1.165, 1.54) is 0 Å². The van der Waals surface area contributed by atoms with Gasteiger partial charge in [-0.2, -0.15) is 0 Å². The monoisotopic (exact) mass is 346 g/mol. The highest BCUT2D eigenvalue weighted by atomic mass is 35.5. The van der Waals surface area contributed by atoms with Crippen LogP contribution in [0.2, 0.25) is 5.02 Å². The number of hydrogen-bond donors (Lipinski definition) is 3. The number of amides is 2. The number of carbonyl (C=O) groups excluding carboxylic acids is 2. The number of carbonyl (C=O) groups is 2. The molecule has 3 N–H and O–H groups in total. The van der Waals surface area contributed by atoms with Gasteiger partial charge in [-0.15, -0.1) is 0 Å². The van der Waals surface area contributed by atoms with Gasteiger partial charge in [0.1, 0.15) is 5.75 Å². The topological polar surface area (TPSA) is 78.4 Å². The molecule has 0 saturated heterocycles. The normalized spacial score (nSPS) is 10.2. The molecule has 0 radical (unpaired) electrons. The zero-order chi connectivity index (χ0) is 17.5. The highest BCUT2D eigenvalue weighted by molar-refractivity contribution is 6.31. The van der Waals surface area contributed by atoms with E-state index in [-0.39, 0.29) is 30.4 Å². The fourth-order valence-electron chi connectivity index (χ4n) is 2.17. The fourth-order valence-corrected chi connectivity index (χ4v) is 2.29. The van der Waals surface area contributed by atoms with Gasteiger partial charge in [-0.05, 0) is 48.2 Å². The molecule has 24 heavy (non-hydrogen) atoms. The maximum absolute atomic E-state index is 11.8. The zero-order valence-electron chi connectivity index (χ0n) is 13.3. The van der Waals surface area contributed by atoms with Gasteiger partial charge in [0.15, 0.2) is 0 Å². The van der Waals surface area contributed by atoms with Gasteiger partial charge < -0.3 is 5.11 Å². The van der Waals surface area contributed by atoms with Crippen molar-refractivity contribution < 1.29 is 14.7 Å². The van der Waals surface area contributed by atoms with E-state index in [9.17, 15) is 14.7 Å². The molecule has 5 nitrogen and oxygen atoms in total. The van der Waals surface area contributed by atoms with Crippen LogP contribution in [0.4, 0.5) is 0 Å². The quantitative estimate of drug-likeness (QED) is 0.728. The van der Waals surface area contributed by atoms with Crippen LogP contribution in [0.1, 0.15) is 23.1 Å². The summed E-state index contributed by atoms with van der Waals surface area (Å²) in [6, 6.07) is 12.0. The van der Waals surface area contributed by atoms with E-state index < -0.39 is 0 Å². The van der Waals surface area contributed by atoms with E-state index in [1.54, 1.807) is 36.4 Å². The Hall–Kier alpha value is -2.53. The van der Waals surface area contributed by atoms with Gasteiger partial charge in [0.25, 0.3) is 0 Å². The van der Waals surface area contributed by atoms with Crippen molar-refractivity contribution in [3.05, 3.63) is 64.2 Å². The third-order valence-electron chi connectivity index (χ3n) is 3.51. The van der Waals surface area contributed by atoms with Crippen molar-refractivity contribution in [3.8, 4) is 5.75 Å². The van der Waals surface area contributed by atoms with E-state index in [1.807, 2.05) is 13.0 Å². The van der Waals surface area contributed by atoms with Crippen LogP contribution in [0.5, 0.6) is 5.75 Å². The molecular weight excluding hydrogens is 328 g/mol. The number of phenols is 1. The largest absolute Gasteiger partial charge is 0.508 e. The predicted octanol–water partition coefficient (Wildman–Crippen LogP) is 2.68.